The zero-order valence-electron chi connectivity index (χ0n) is 15.9. The fraction of sp³-hybridized carbons (Fsp3) is 0.304. The van der Waals surface area contributed by atoms with Gasteiger partial charge < -0.3 is 4.90 Å². The smallest absolute Gasteiger partial charge is 0.273 e. The molecule has 2 heterocycles. The molecule has 1 N–H and O–H groups in total. The van der Waals surface area contributed by atoms with E-state index in [1.54, 1.807) is 0 Å². The molecule has 1 atom stereocenters. The van der Waals surface area contributed by atoms with Crippen molar-refractivity contribution in [3.05, 3.63) is 74.8 Å². The van der Waals surface area contributed by atoms with E-state index >= 15 is 0 Å². The first-order chi connectivity index (χ1) is 14.1. The molecule has 1 fully saturated rings. The van der Waals surface area contributed by atoms with Crippen molar-refractivity contribution in [3.63, 3.8) is 0 Å². The lowest BCUT2D eigenvalue weighted by molar-refractivity contribution is 0.0606. The standard InChI is InChI=1S/C23H21BrClN3O/c24-16-6-4-5-15(13-16)22-19-20(14-9-11-17(25)12-10-14)26-27-21(19)23(29)28(22)18-7-2-1-3-8-18/h4-6,9-13,18,22H,1-3,7-8H2,(H,26,27). The third-order valence-corrected chi connectivity index (χ3v) is 6.80. The Balaban J connectivity index is 1.67. The van der Waals surface area contributed by atoms with E-state index in [2.05, 4.69) is 43.2 Å². The van der Waals surface area contributed by atoms with E-state index in [4.69, 9.17) is 11.6 Å². The van der Waals surface area contributed by atoms with E-state index in [0.717, 1.165) is 39.7 Å². The molecule has 1 aliphatic heterocycles. The molecule has 2 aromatic carbocycles. The summed E-state index contributed by atoms with van der Waals surface area (Å²) in [6.45, 7) is 0. The van der Waals surface area contributed by atoms with Gasteiger partial charge in [0.05, 0.1) is 11.7 Å². The van der Waals surface area contributed by atoms with E-state index in [9.17, 15) is 4.79 Å². The lowest BCUT2D eigenvalue weighted by Crippen LogP contribution is -2.40. The van der Waals surface area contributed by atoms with Gasteiger partial charge in [0.2, 0.25) is 0 Å². The van der Waals surface area contributed by atoms with E-state index < -0.39 is 0 Å². The SMILES string of the molecule is O=C1c2[nH]nc(-c3ccc(Cl)cc3)c2C(c2cccc(Br)c2)N1C1CCCCC1. The van der Waals surface area contributed by atoms with E-state index in [-0.39, 0.29) is 18.0 Å². The zero-order chi connectivity index (χ0) is 20.0. The Labute approximate surface area is 183 Å². The number of rotatable bonds is 3. The maximum absolute atomic E-state index is 13.5. The maximum atomic E-state index is 13.5. The number of nitrogens with one attached hydrogen (secondary N) is 1. The van der Waals surface area contributed by atoms with Gasteiger partial charge in [-0.05, 0) is 42.7 Å². The van der Waals surface area contributed by atoms with Crippen molar-refractivity contribution < 1.29 is 4.79 Å². The highest BCUT2D eigenvalue weighted by Crippen LogP contribution is 2.46. The van der Waals surface area contributed by atoms with E-state index in [1.807, 2.05) is 36.4 Å². The summed E-state index contributed by atoms with van der Waals surface area (Å²) in [7, 11) is 0. The molecular weight excluding hydrogens is 450 g/mol. The summed E-state index contributed by atoms with van der Waals surface area (Å²) >= 11 is 9.69. The minimum Gasteiger partial charge on any atom is -0.323 e. The number of halogens is 2. The molecule has 1 unspecified atom stereocenters. The second-order valence-electron chi connectivity index (χ2n) is 7.83. The van der Waals surface area contributed by atoms with Crippen LogP contribution in [0.5, 0.6) is 0 Å². The van der Waals surface area contributed by atoms with Crippen molar-refractivity contribution in [1.29, 1.82) is 0 Å². The number of H-pyrrole nitrogens is 1. The van der Waals surface area contributed by atoms with Crippen molar-refractivity contribution in [1.82, 2.24) is 15.1 Å². The number of benzene rings is 2. The number of fused-ring (bicyclic) bond motifs is 1. The van der Waals surface area contributed by atoms with Gasteiger partial charge in [0.25, 0.3) is 5.91 Å². The first-order valence-corrected chi connectivity index (χ1v) is 11.2. The minimum atomic E-state index is -0.137. The van der Waals surface area contributed by atoms with E-state index in [1.165, 1.54) is 19.3 Å². The summed E-state index contributed by atoms with van der Waals surface area (Å²) in [5, 5.41) is 8.27. The number of nitrogens with zero attached hydrogens (tertiary/aromatic N) is 2. The summed E-state index contributed by atoms with van der Waals surface area (Å²) in [4.78, 5) is 15.6. The van der Waals surface area contributed by atoms with Gasteiger partial charge in [0, 0.05) is 26.7 Å². The summed E-state index contributed by atoms with van der Waals surface area (Å²) < 4.78 is 1.01. The molecule has 0 bridgehead atoms. The predicted molar refractivity (Wildman–Crippen MR) is 118 cm³/mol. The number of hydrogen-bond acceptors (Lipinski definition) is 2. The Hall–Kier alpha value is -2.11. The molecule has 1 amide bonds. The van der Waals surface area contributed by atoms with Crippen molar-refractivity contribution in [2.75, 3.05) is 0 Å². The molecule has 0 radical (unpaired) electrons. The molecule has 0 saturated heterocycles. The molecule has 3 aromatic rings. The molecule has 2 aliphatic rings. The Morgan fingerprint density at radius 3 is 2.55 bits per heavy atom. The Bertz CT molecular complexity index is 1060. The highest BCUT2D eigenvalue weighted by atomic mass is 79.9. The second kappa shape index (κ2) is 7.62. The number of amides is 1. The molecule has 5 rings (SSSR count). The molecule has 1 aliphatic carbocycles. The monoisotopic (exact) mass is 469 g/mol. The van der Waals surface area contributed by atoms with Crippen LogP contribution in [0.15, 0.2) is 53.0 Å². The largest absolute Gasteiger partial charge is 0.323 e. The predicted octanol–water partition coefficient (Wildman–Crippen LogP) is 6.37. The molecule has 29 heavy (non-hydrogen) atoms. The third kappa shape index (κ3) is 3.30. The second-order valence-corrected chi connectivity index (χ2v) is 9.18. The van der Waals surface area contributed by atoms with Gasteiger partial charge in [-0.2, -0.15) is 5.10 Å². The molecule has 0 spiro atoms. The highest BCUT2D eigenvalue weighted by Gasteiger charge is 2.45. The van der Waals surface area contributed by atoms with Crippen LogP contribution in [0.2, 0.25) is 5.02 Å². The minimum absolute atomic E-state index is 0.0598. The van der Waals surface area contributed by atoms with Crippen LogP contribution >= 0.6 is 27.5 Å². The maximum Gasteiger partial charge on any atom is 0.273 e. The number of aromatic nitrogens is 2. The molecular formula is C23H21BrClN3O. The van der Waals surface area contributed by atoms with Crippen LogP contribution in [0.25, 0.3) is 11.3 Å². The van der Waals surface area contributed by atoms with Crippen LogP contribution < -0.4 is 0 Å². The van der Waals surface area contributed by atoms with Crippen molar-refractivity contribution >= 4 is 33.4 Å². The molecule has 1 saturated carbocycles. The van der Waals surface area contributed by atoms with Gasteiger partial charge in [0.15, 0.2) is 0 Å². The van der Waals surface area contributed by atoms with Crippen molar-refractivity contribution in [2.45, 2.75) is 44.2 Å². The van der Waals surface area contributed by atoms with Crippen LogP contribution in [0, 0.1) is 0 Å². The summed E-state index contributed by atoms with van der Waals surface area (Å²) in [6, 6.07) is 16.0. The van der Waals surface area contributed by atoms with Gasteiger partial charge in [-0.25, -0.2) is 0 Å². The average molecular weight is 471 g/mol. The number of carbonyl (C=O) groups is 1. The van der Waals surface area contributed by atoms with Crippen molar-refractivity contribution in [2.24, 2.45) is 0 Å². The Morgan fingerprint density at radius 1 is 1.07 bits per heavy atom. The fourth-order valence-corrected chi connectivity index (χ4v) is 5.28. The van der Waals surface area contributed by atoms with Crippen LogP contribution in [0.1, 0.15) is 59.8 Å². The van der Waals surface area contributed by atoms with Crippen LogP contribution in [-0.2, 0) is 0 Å². The number of carbonyl (C=O) groups excluding carboxylic acids is 1. The molecule has 1 aromatic heterocycles. The van der Waals surface area contributed by atoms with Gasteiger partial charge in [0.1, 0.15) is 5.69 Å². The van der Waals surface area contributed by atoms with Crippen LogP contribution in [0.4, 0.5) is 0 Å². The topological polar surface area (TPSA) is 49.0 Å². The van der Waals surface area contributed by atoms with Gasteiger partial charge in [-0.3, -0.25) is 9.89 Å². The lowest BCUT2D eigenvalue weighted by atomic mass is 9.91. The van der Waals surface area contributed by atoms with Crippen LogP contribution in [-0.4, -0.2) is 27.0 Å². The molecule has 148 valence electrons. The first kappa shape index (κ1) is 18.9. The van der Waals surface area contributed by atoms with Crippen molar-refractivity contribution in [3.8, 4) is 11.3 Å². The lowest BCUT2D eigenvalue weighted by Gasteiger charge is -2.36. The highest BCUT2D eigenvalue weighted by molar-refractivity contribution is 9.10. The molecule has 4 nitrogen and oxygen atoms in total. The van der Waals surface area contributed by atoms with Gasteiger partial charge in [-0.1, -0.05) is 71.1 Å². The van der Waals surface area contributed by atoms with E-state index in [0.29, 0.717) is 10.7 Å². The normalized spacial score (nSPS) is 19.6. The Kier molecular flexibility index (Phi) is 4.96. The third-order valence-electron chi connectivity index (χ3n) is 6.05. The average Bonchev–Trinajstić information content (AvgIpc) is 3.28. The summed E-state index contributed by atoms with van der Waals surface area (Å²) in [6.07, 6.45) is 5.73. The number of aromatic amines is 1. The Morgan fingerprint density at radius 2 is 1.83 bits per heavy atom. The van der Waals surface area contributed by atoms with Gasteiger partial charge in [-0.15, -0.1) is 0 Å². The van der Waals surface area contributed by atoms with Gasteiger partial charge >= 0.3 is 0 Å². The number of hydrogen-bond donors (Lipinski definition) is 1. The fourth-order valence-electron chi connectivity index (χ4n) is 4.73. The summed E-state index contributed by atoms with van der Waals surface area (Å²) in [5.41, 5.74) is 4.48. The summed E-state index contributed by atoms with van der Waals surface area (Å²) in [5.74, 6) is 0.0598. The first-order valence-electron chi connectivity index (χ1n) is 10.1. The van der Waals surface area contributed by atoms with Crippen LogP contribution in [0.3, 0.4) is 0 Å². The zero-order valence-corrected chi connectivity index (χ0v) is 18.2. The molecule has 6 heteroatoms. The quantitative estimate of drug-likeness (QED) is 0.483.